The Labute approximate surface area is 121 Å². The van der Waals surface area contributed by atoms with Crippen molar-refractivity contribution in [3.63, 3.8) is 0 Å². The number of aromatic nitrogens is 1. The molecule has 3 rings (SSSR count). The molecule has 3 N–H and O–H groups in total. The van der Waals surface area contributed by atoms with E-state index in [9.17, 15) is 5.11 Å². The lowest BCUT2D eigenvalue weighted by Crippen LogP contribution is -2.05. The van der Waals surface area contributed by atoms with Crippen LogP contribution in [0.2, 0.25) is 5.02 Å². The number of hydrogen-bond acceptors (Lipinski definition) is 2. The molecule has 4 heteroatoms. The molecular formula is C16H14ClN2O+. The summed E-state index contributed by atoms with van der Waals surface area (Å²) in [6.45, 7) is 0.677. The first-order valence-corrected chi connectivity index (χ1v) is 6.72. The van der Waals surface area contributed by atoms with Gasteiger partial charge in [-0.3, -0.25) is 0 Å². The van der Waals surface area contributed by atoms with Gasteiger partial charge in [0, 0.05) is 23.3 Å². The second-order valence-electron chi connectivity index (χ2n) is 4.56. The van der Waals surface area contributed by atoms with Crippen LogP contribution in [0, 0.1) is 0 Å². The van der Waals surface area contributed by atoms with E-state index in [0.717, 1.165) is 27.2 Å². The van der Waals surface area contributed by atoms with Crippen LogP contribution in [0.4, 0.5) is 5.69 Å². The van der Waals surface area contributed by atoms with Crippen LogP contribution in [0.5, 0.6) is 5.75 Å². The van der Waals surface area contributed by atoms with E-state index in [2.05, 4.69) is 10.3 Å². The fourth-order valence-electron chi connectivity index (χ4n) is 2.19. The Morgan fingerprint density at radius 1 is 1.05 bits per heavy atom. The predicted octanol–water partition coefficient (Wildman–Crippen LogP) is 3.63. The predicted molar refractivity (Wildman–Crippen MR) is 80.9 cm³/mol. The van der Waals surface area contributed by atoms with Crippen molar-refractivity contribution in [2.45, 2.75) is 6.54 Å². The van der Waals surface area contributed by atoms with Crippen LogP contribution < -0.4 is 10.3 Å². The minimum Gasteiger partial charge on any atom is -0.502 e. The molecule has 1 heterocycles. The number of phenolic OH excluding ortho intramolecular Hbond substituents is 1. The van der Waals surface area contributed by atoms with Crippen molar-refractivity contribution in [3.05, 3.63) is 65.3 Å². The summed E-state index contributed by atoms with van der Waals surface area (Å²) in [6.07, 6.45) is 1.80. The van der Waals surface area contributed by atoms with E-state index in [1.54, 1.807) is 12.3 Å². The van der Waals surface area contributed by atoms with Gasteiger partial charge in [0.1, 0.15) is 0 Å². The number of aromatic hydroxyl groups is 1. The lowest BCUT2D eigenvalue weighted by Gasteiger charge is -2.08. The molecule has 0 radical (unpaired) electrons. The van der Waals surface area contributed by atoms with Crippen molar-refractivity contribution in [2.24, 2.45) is 0 Å². The molecule has 100 valence electrons. The molecule has 0 amide bonds. The van der Waals surface area contributed by atoms with Gasteiger partial charge in [0.15, 0.2) is 11.9 Å². The Kier molecular flexibility index (Phi) is 3.44. The second-order valence-corrected chi connectivity index (χ2v) is 5.00. The number of rotatable bonds is 3. The first kappa shape index (κ1) is 12.8. The molecule has 0 fully saturated rings. The van der Waals surface area contributed by atoms with E-state index in [0.29, 0.717) is 6.54 Å². The molecule has 0 aliphatic carbocycles. The van der Waals surface area contributed by atoms with Gasteiger partial charge in [-0.15, -0.1) is 0 Å². The maximum atomic E-state index is 9.85. The normalized spacial score (nSPS) is 10.7. The molecule has 0 unspecified atom stereocenters. The topological polar surface area (TPSA) is 46.4 Å². The monoisotopic (exact) mass is 285 g/mol. The molecule has 0 spiro atoms. The molecule has 2 aromatic carbocycles. The number of phenols is 1. The summed E-state index contributed by atoms with van der Waals surface area (Å²) in [7, 11) is 0. The van der Waals surface area contributed by atoms with Crippen LogP contribution >= 0.6 is 11.6 Å². The molecular weight excluding hydrogens is 272 g/mol. The largest absolute Gasteiger partial charge is 0.502 e. The second kappa shape index (κ2) is 5.39. The van der Waals surface area contributed by atoms with Crippen LogP contribution in [0.15, 0.2) is 54.7 Å². The number of anilines is 1. The van der Waals surface area contributed by atoms with E-state index in [4.69, 9.17) is 11.6 Å². The molecule has 0 atom stereocenters. The molecule has 3 nitrogen and oxygen atoms in total. The highest BCUT2D eigenvalue weighted by molar-refractivity contribution is 6.30. The number of benzene rings is 2. The number of aromatic amines is 1. The average Bonchev–Trinajstić information content (AvgIpc) is 2.49. The van der Waals surface area contributed by atoms with E-state index in [-0.39, 0.29) is 5.75 Å². The Morgan fingerprint density at radius 2 is 1.85 bits per heavy atom. The van der Waals surface area contributed by atoms with Gasteiger partial charge < -0.3 is 10.4 Å². The summed E-state index contributed by atoms with van der Waals surface area (Å²) in [4.78, 5) is 3.07. The van der Waals surface area contributed by atoms with Crippen LogP contribution in [0.1, 0.15) is 5.56 Å². The summed E-state index contributed by atoms with van der Waals surface area (Å²) >= 11 is 5.86. The van der Waals surface area contributed by atoms with Gasteiger partial charge in [-0.25, -0.2) is 4.98 Å². The first-order chi connectivity index (χ1) is 9.74. The molecule has 20 heavy (non-hydrogen) atoms. The maximum Gasteiger partial charge on any atom is 0.253 e. The van der Waals surface area contributed by atoms with Crippen molar-refractivity contribution < 1.29 is 10.1 Å². The van der Waals surface area contributed by atoms with E-state index in [1.807, 2.05) is 42.5 Å². The number of fused-ring (bicyclic) bond motifs is 1. The Morgan fingerprint density at radius 3 is 2.65 bits per heavy atom. The zero-order valence-electron chi connectivity index (χ0n) is 10.7. The third kappa shape index (κ3) is 2.53. The molecule has 1 aromatic heterocycles. The fraction of sp³-hybridized carbons (Fsp3) is 0.0625. The highest BCUT2D eigenvalue weighted by Gasteiger charge is 2.10. The van der Waals surface area contributed by atoms with Gasteiger partial charge in [0.05, 0.1) is 5.39 Å². The van der Waals surface area contributed by atoms with Crippen molar-refractivity contribution in [2.75, 3.05) is 5.32 Å². The minimum atomic E-state index is 0.260. The zero-order valence-corrected chi connectivity index (χ0v) is 11.5. The molecule has 0 aliphatic rings. The minimum absolute atomic E-state index is 0.260. The fourth-order valence-corrected chi connectivity index (χ4v) is 2.31. The third-order valence-corrected chi connectivity index (χ3v) is 3.48. The highest BCUT2D eigenvalue weighted by atomic mass is 35.5. The lowest BCUT2D eigenvalue weighted by atomic mass is 10.1. The standard InChI is InChI=1S/C16H13ClN2O/c17-12-4-6-13(7-5-12)19-10-11-3-8-15(20)16-14(11)2-1-9-18-16/h1-9,19-20H,10H2/p+1. The van der Waals surface area contributed by atoms with Gasteiger partial charge in [0.2, 0.25) is 0 Å². The summed E-state index contributed by atoms with van der Waals surface area (Å²) < 4.78 is 0. The molecule has 0 bridgehead atoms. The number of H-pyrrole nitrogens is 1. The number of nitrogens with one attached hydrogen (secondary N) is 2. The van der Waals surface area contributed by atoms with Crippen molar-refractivity contribution in [1.82, 2.24) is 0 Å². The van der Waals surface area contributed by atoms with Gasteiger partial charge >= 0.3 is 0 Å². The summed E-state index contributed by atoms with van der Waals surface area (Å²) in [6, 6.07) is 15.1. The Bertz CT molecular complexity index is 741. The smallest absolute Gasteiger partial charge is 0.253 e. The Hall–Kier alpha value is -2.26. The third-order valence-electron chi connectivity index (χ3n) is 3.23. The number of halogens is 1. The van der Waals surface area contributed by atoms with Crippen LogP contribution in [0.3, 0.4) is 0 Å². The first-order valence-electron chi connectivity index (χ1n) is 6.35. The van der Waals surface area contributed by atoms with Crippen LogP contribution in [-0.2, 0) is 6.54 Å². The van der Waals surface area contributed by atoms with Gasteiger partial charge in [0.25, 0.3) is 5.52 Å². The molecule has 0 saturated carbocycles. The maximum absolute atomic E-state index is 9.85. The zero-order chi connectivity index (χ0) is 13.9. The molecule has 3 aromatic rings. The molecule has 0 aliphatic heterocycles. The number of pyridine rings is 1. The summed E-state index contributed by atoms with van der Waals surface area (Å²) in [5.74, 6) is 0.260. The van der Waals surface area contributed by atoms with Crippen molar-refractivity contribution in [3.8, 4) is 5.75 Å². The summed E-state index contributed by atoms with van der Waals surface area (Å²) in [5, 5.41) is 14.9. The lowest BCUT2D eigenvalue weighted by molar-refractivity contribution is -0.345. The summed E-state index contributed by atoms with van der Waals surface area (Å²) in [5.41, 5.74) is 2.88. The quantitative estimate of drug-likeness (QED) is 0.772. The highest BCUT2D eigenvalue weighted by Crippen LogP contribution is 2.24. The van der Waals surface area contributed by atoms with E-state index in [1.165, 1.54) is 0 Å². The number of hydrogen-bond donors (Lipinski definition) is 2. The average molecular weight is 286 g/mol. The van der Waals surface area contributed by atoms with E-state index >= 15 is 0 Å². The van der Waals surface area contributed by atoms with Crippen LogP contribution in [-0.4, -0.2) is 5.11 Å². The van der Waals surface area contributed by atoms with Crippen molar-refractivity contribution >= 4 is 28.2 Å². The van der Waals surface area contributed by atoms with E-state index < -0.39 is 0 Å². The van der Waals surface area contributed by atoms with Crippen molar-refractivity contribution in [1.29, 1.82) is 0 Å². The van der Waals surface area contributed by atoms with Gasteiger partial charge in [-0.05, 0) is 42.0 Å². The van der Waals surface area contributed by atoms with Gasteiger partial charge in [-0.1, -0.05) is 17.7 Å². The SMILES string of the molecule is Oc1ccc(CNc2ccc(Cl)cc2)c2ccc[nH+]c12. The Balaban J connectivity index is 1.88. The van der Waals surface area contributed by atoms with Crippen LogP contribution in [0.25, 0.3) is 10.9 Å². The molecule has 0 saturated heterocycles. The van der Waals surface area contributed by atoms with Gasteiger partial charge in [-0.2, -0.15) is 0 Å².